The number of nitrogens with two attached hydrogens (primary N) is 1. The minimum atomic E-state index is -0.266. The van der Waals surface area contributed by atoms with E-state index in [1.807, 2.05) is 12.1 Å². The first-order valence-electron chi connectivity index (χ1n) is 14.4. The Bertz CT molecular complexity index is 1400. The highest BCUT2D eigenvalue weighted by Crippen LogP contribution is 2.20. The molecule has 3 rings (SSSR count). The smallest absolute Gasteiger partial charge is 0.261 e. The number of nitrogens with zero attached hydrogens (tertiary/aromatic N) is 1. The Kier molecular flexibility index (Phi) is 15.9. The number of amides is 2. The number of aromatic nitrogens is 3. The summed E-state index contributed by atoms with van der Waals surface area (Å²) >= 11 is 1.64. The average molecular weight is 629 g/mol. The molecule has 2 amide bonds. The molecule has 0 saturated carbocycles. The van der Waals surface area contributed by atoms with E-state index < -0.39 is 0 Å². The van der Waals surface area contributed by atoms with Crippen molar-refractivity contribution in [1.29, 1.82) is 0 Å². The van der Waals surface area contributed by atoms with Crippen LogP contribution in [0.4, 0.5) is 5.95 Å². The second kappa shape index (κ2) is 20.2. The number of fused-ring (bicyclic) bond motifs is 1. The van der Waals surface area contributed by atoms with E-state index in [4.69, 9.17) is 31.1 Å². The van der Waals surface area contributed by atoms with E-state index in [0.717, 1.165) is 16.3 Å². The van der Waals surface area contributed by atoms with Crippen LogP contribution in [0.5, 0.6) is 0 Å². The Morgan fingerprint density at radius 1 is 0.932 bits per heavy atom. The van der Waals surface area contributed by atoms with Crippen LogP contribution in [-0.2, 0) is 30.2 Å². The largest absolute Gasteiger partial charge is 0.377 e. The molecule has 2 aromatic heterocycles. The van der Waals surface area contributed by atoms with E-state index in [0.29, 0.717) is 95.2 Å². The molecular formula is C30H40N6O7S. The molecule has 0 fully saturated rings. The second-order valence-electron chi connectivity index (χ2n) is 9.43. The van der Waals surface area contributed by atoms with Crippen LogP contribution in [0.25, 0.3) is 11.0 Å². The van der Waals surface area contributed by atoms with Gasteiger partial charge in [0.25, 0.3) is 11.5 Å². The van der Waals surface area contributed by atoms with Crippen LogP contribution in [0.1, 0.15) is 28.9 Å². The summed E-state index contributed by atoms with van der Waals surface area (Å²) in [5.74, 6) is 2.96. The molecule has 0 aliphatic heterocycles. The first kappa shape index (κ1) is 34.6. The molecule has 1 aromatic carbocycles. The molecule has 0 saturated heterocycles. The number of hydrogen-bond donors (Lipinski definition) is 5. The number of ether oxygens (including phenoxy) is 4. The van der Waals surface area contributed by atoms with Gasteiger partial charge in [0.05, 0.1) is 51.6 Å². The van der Waals surface area contributed by atoms with Gasteiger partial charge in [-0.3, -0.25) is 19.4 Å². The Morgan fingerprint density at radius 2 is 1.61 bits per heavy atom. The van der Waals surface area contributed by atoms with E-state index in [2.05, 4.69) is 31.5 Å². The lowest BCUT2D eigenvalue weighted by Crippen LogP contribution is -2.29. The van der Waals surface area contributed by atoms with Gasteiger partial charge in [-0.2, -0.15) is 4.98 Å². The monoisotopic (exact) mass is 628 g/mol. The fraction of sp³-hybridized carbons (Fsp3) is 0.467. The van der Waals surface area contributed by atoms with Crippen LogP contribution in [0.3, 0.4) is 0 Å². The maximum absolute atomic E-state index is 12.4. The lowest BCUT2D eigenvalue weighted by molar-refractivity contribution is -0.121. The number of carbonyl (C=O) groups excluding carboxylic acids is 2. The number of aryl methyl sites for hydroxylation is 1. The topological polar surface area (TPSA) is 183 Å². The van der Waals surface area contributed by atoms with Gasteiger partial charge in [-0.15, -0.1) is 18.2 Å². The minimum absolute atomic E-state index is 0.0783. The molecule has 44 heavy (non-hydrogen) atoms. The van der Waals surface area contributed by atoms with Crippen LogP contribution in [-0.4, -0.2) is 98.5 Å². The van der Waals surface area contributed by atoms with Crippen molar-refractivity contribution in [3.05, 3.63) is 51.9 Å². The van der Waals surface area contributed by atoms with Gasteiger partial charge in [0, 0.05) is 41.4 Å². The number of aromatic amines is 2. The predicted octanol–water partition coefficient (Wildman–Crippen LogP) is 1.49. The molecule has 13 nitrogen and oxygen atoms in total. The fourth-order valence-electron chi connectivity index (χ4n) is 3.90. The molecule has 2 heterocycles. The van der Waals surface area contributed by atoms with Gasteiger partial charge in [-0.1, -0.05) is 5.92 Å². The van der Waals surface area contributed by atoms with Gasteiger partial charge in [0.2, 0.25) is 11.9 Å². The lowest BCUT2D eigenvalue weighted by Gasteiger charge is -2.08. The molecule has 14 heteroatoms. The zero-order chi connectivity index (χ0) is 31.4. The Balaban J connectivity index is 1.16. The summed E-state index contributed by atoms with van der Waals surface area (Å²) in [7, 11) is 0. The summed E-state index contributed by atoms with van der Waals surface area (Å²) in [5, 5.41) is 6.13. The van der Waals surface area contributed by atoms with Crippen molar-refractivity contribution in [2.45, 2.75) is 24.2 Å². The third-order valence-electron chi connectivity index (χ3n) is 6.06. The van der Waals surface area contributed by atoms with Gasteiger partial charge in [0.1, 0.15) is 12.3 Å². The number of H-pyrrole nitrogens is 2. The Morgan fingerprint density at radius 3 is 2.32 bits per heavy atom. The molecule has 0 atom stereocenters. The normalized spacial score (nSPS) is 11.0. The average Bonchev–Trinajstić information content (AvgIpc) is 3.42. The molecule has 238 valence electrons. The maximum Gasteiger partial charge on any atom is 0.261 e. The lowest BCUT2D eigenvalue weighted by atomic mass is 10.2. The van der Waals surface area contributed by atoms with Crippen LogP contribution >= 0.6 is 11.8 Å². The fourth-order valence-corrected chi connectivity index (χ4v) is 4.79. The Labute approximate surface area is 260 Å². The first-order chi connectivity index (χ1) is 21.5. The third kappa shape index (κ3) is 13.2. The summed E-state index contributed by atoms with van der Waals surface area (Å²) in [6.45, 7) is 4.20. The molecule has 3 aromatic rings. The van der Waals surface area contributed by atoms with Crippen molar-refractivity contribution in [3.63, 3.8) is 0 Å². The van der Waals surface area contributed by atoms with Crippen LogP contribution < -0.4 is 21.9 Å². The van der Waals surface area contributed by atoms with E-state index in [1.165, 1.54) is 0 Å². The number of anilines is 1. The Hall–Kier alpha value is -3.87. The van der Waals surface area contributed by atoms with Crippen molar-refractivity contribution < 1.29 is 28.5 Å². The number of carbonyl (C=O) groups is 2. The van der Waals surface area contributed by atoms with E-state index >= 15 is 0 Å². The van der Waals surface area contributed by atoms with Crippen molar-refractivity contribution in [3.8, 4) is 12.3 Å². The third-order valence-corrected chi connectivity index (χ3v) is 7.08. The summed E-state index contributed by atoms with van der Waals surface area (Å²) in [4.78, 5) is 47.2. The van der Waals surface area contributed by atoms with Crippen molar-refractivity contribution >= 4 is 40.6 Å². The highest BCUT2D eigenvalue weighted by molar-refractivity contribution is 7.99. The number of thioether (sulfide) groups is 1. The molecule has 0 bridgehead atoms. The number of benzene rings is 1. The molecule has 0 aliphatic rings. The van der Waals surface area contributed by atoms with Gasteiger partial charge in [-0.05, 0) is 43.2 Å². The van der Waals surface area contributed by atoms with Crippen LogP contribution in [0, 0.1) is 12.3 Å². The zero-order valence-corrected chi connectivity index (χ0v) is 25.5. The van der Waals surface area contributed by atoms with Crippen molar-refractivity contribution in [2.24, 2.45) is 0 Å². The summed E-state index contributed by atoms with van der Waals surface area (Å²) in [5.41, 5.74) is 7.25. The molecule has 6 N–H and O–H groups in total. The number of terminal acetylenes is 1. The van der Waals surface area contributed by atoms with Gasteiger partial charge in [-0.25, -0.2) is 0 Å². The van der Waals surface area contributed by atoms with E-state index in [1.54, 1.807) is 30.0 Å². The first-order valence-corrected chi connectivity index (χ1v) is 15.3. The predicted molar refractivity (Wildman–Crippen MR) is 169 cm³/mol. The second-order valence-corrected chi connectivity index (χ2v) is 10.6. The summed E-state index contributed by atoms with van der Waals surface area (Å²) < 4.78 is 21.2. The molecule has 0 radical (unpaired) electrons. The quantitative estimate of drug-likeness (QED) is 0.0621. The molecule has 0 unspecified atom stereocenters. The standard InChI is InChI=1S/C30H40N6O7S/c1-2-12-40-14-16-42-18-19-43-17-15-41-13-11-32-26(37)4-3-10-33-28(38)22-5-7-24(8-6-22)44-20-9-23-21-25-27(34-23)35-30(31)36-29(25)39/h1,5-8,21H,3-4,9-20H2,(H,32,37)(H,33,38)(H4,31,34,35,36,39). The number of nitrogen functional groups attached to an aromatic ring is 1. The molecule has 0 aliphatic carbocycles. The molecule has 0 spiro atoms. The maximum atomic E-state index is 12.4. The summed E-state index contributed by atoms with van der Waals surface area (Å²) in [6.07, 6.45) is 6.62. The highest BCUT2D eigenvalue weighted by atomic mass is 32.2. The minimum Gasteiger partial charge on any atom is -0.377 e. The van der Waals surface area contributed by atoms with Crippen molar-refractivity contribution in [2.75, 3.05) is 77.4 Å². The number of nitrogens with one attached hydrogen (secondary N) is 4. The van der Waals surface area contributed by atoms with E-state index in [-0.39, 0.29) is 29.9 Å². The van der Waals surface area contributed by atoms with Crippen LogP contribution in [0.2, 0.25) is 0 Å². The van der Waals surface area contributed by atoms with Gasteiger partial charge in [0.15, 0.2) is 0 Å². The highest BCUT2D eigenvalue weighted by Gasteiger charge is 2.09. The van der Waals surface area contributed by atoms with E-state index in [9.17, 15) is 14.4 Å². The van der Waals surface area contributed by atoms with Gasteiger partial charge < -0.3 is 40.3 Å². The van der Waals surface area contributed by atoms with Crippen molar-refractivity contribution in [1.82, 2.24) is 25.6 Å². The number of hydrogen-bond acceptors (Lipinski definition) is 10. The van der Waals surface area contributed by atoms with Gasteiger partial charge >= 0.3 is 0 Å². The summed E-state index contributed by atoms with van der Waals surface area (Å²) in [6, 6.07) is 9.13. The number of rotatable bonds is 22. The zero-order valence-electron chi connectivity index (χ0n) is 24.7. The SMILES string of the molecule is C#CCOCCOCCOCCOCCNC(=O)CCCNC(=O)c1ccc(SCCc2cc3c(=O)[nH]c(N)nc3[nH]2)cc1. The molecular weight excluding hydrogens is 588 g/mol. The van der Waals surface area contributed by atoms with Crippen LogP contribution in [0.15, 0.2) is 40.0 Å².